The van der Waals surface area contributed by atoms with E-state index < -0.39 is 17.8 Å². The molecule has 90 valence electrons. The van der Waals surface area contributed by atoms with Crippen molar-refractivity contribution in [1.82, 2.24) is 0 Å². The summed E-state index contributed by atoms with van der Waals surface area (Å²) in [5, 5.41) is 9.47. The quantitative estimate of drug-likeness (QED) is 0.844. The van der Waals surface area contributed by atoms with Crippen LogP contribution in [-0.2, 0) is 6.18 Å². The van der Waals surface area contributed by atoms with E-state index in [9.17, 15) is 18.3 Å². The number of benzene rings is 1. The third-order valence-corrected chi connectivity index (χ3v) is 2.69. The molecule has 0 aliphatic heterocycles. The van der Waals surface area contributed by atoms with Gasteiger partial charge >= 0.3 is 6.18 Å². The summed E-state index contributed by atoms with van der Waals surface area (Å²) in [5.41, 5.74) is 0.0854. The molecule has 2 unspecified atom stereocenters. The fourth-order valence-electron chi connectivity index (χ4n) is 1.77. The minimum absolute atomic E-state index is 0.109. The van der Waals surface area contributed by atoms with Crippen LogP contribution in [0.3, 0.4) is 0 Å². The van der Waals surface area contributed by atoms with Gasteiger partial charge in [-0.25, -0.2) is 0 Å². The normalized spacial score (nSPS) is 15.9. The summed E-state index contributed by atoms with van der Waals surface area (Å²) in [7, 11) is 0. The third-order valence-electron chi connectivity index (χ3n) is 2.69. The van der Waals surface area contributed by atoms with Gasteiger partial charge in [0, 0.05) is 5.92 Å². The standard InChI is InChI=1S/C12H15F3O/c1-3-11(8(2)16)9-4-6-10(7-5-9)12(13,14)15/h4-8,11,16H,3H2,1-2H3. The number of alkyl halides is 3. The fraction of sp³-hybridized carbons (Fsp3) is 0.500. The Labute approximate surface area is 92.9 Å². The highest BCUT2D eigenvalue weighted by atomic mass is 19.4. The monoisotopic (exact) mass is 232 g/mol. The Morgan fingerprint density at radius 2 is 1.69 bits per heavy atom. The number of hydrogen-bond acceptors (Lipinski definition) is 1. The van der Waals surface area contributed by atoms with Gasteiger partial charge in [0.1, 0.15) is 0 Å². The van der Waals surface area contributed by atoms with E-state index >= 15 is 0 Å². The lowest BCUT2D eigenvalue weighted by Crippen LogP contribution is -2.14. The Kier molecular flexibility index (Phi) is 3.97. The lowest BCUT2D eigenvalue weighted by molar-refractivity contribution is -0.137. The van der Waals surface area contributed by atoms with Gasteiger partial charge in [0.15, 0.2) is 0 Å². The van der Waals surface area contributed by atoms with E-state index in [2.05, 4.69) is 0 Å². The molecule has 1 aromatic carbocycles. The molecule has 0 aliphatic rings. The van der Waals surface area contributed by atoms with E-state index in [0.29, 0.717) is 6.42 Å². The van der Waals surface area contributed by atoms with E-state index in [4.69, 9.17) is 0 Å². The van der Waals surface area contributed by atoms with Crippen LogP contribution in [0.1, 0.15) is 37.3 Å². The molecule has 0 saturated heterocycles. The lowest BCUT2D eigenvalue weighted by Gasteiger charge is -2.19. The summed E-state index contributed by atoms with van der Waals surface area (Å²) in [6.07, 6.45) is -4.16. The zero-order chi connectivity index (χ0) is 12.3. The Bertz CT molecular complexity index is 327. The molecular weight excluding hydrogens is 217 g/mol. The zero-order valence-corrected chi connectivity index (χ0v) is 9.25. The van der Waals surface area contributed by atoms with Gasteiger partial charge in [-0.05, 0) is 31.0 Å². The molecular formula is C12H15F3O. The summed E-state index contributed by atoms with van der Waals surface area (Å²) < 4.78 is 36.9. The van der Waals surface area contributed by atoms with Crippen LogP contribution in [0.4, 0.5) is 13.2 Å². The molecule has 16 heavy (non-hydrogen) atoms. The van der Waals surface area contributed by atoms with Crippen molar-refractivity contribution in [3.05, 3.63) is 35.4 Å². The first-order valence-corrected chi connectivity index (χ1v) is 5.21. The van der Waals surface area contributed by atoms with E-state index in [0.717, 1.165) is 17.7 Å². The van der Waals surface area contributed by atoms with Crippen LogP contribution in [0, 0.1) is 0 Å². The maximum Gasteiger partial charge on any atom is 0.416 e. The van der Waals surface area contributed by atoms with Crippen LogP contribution in [-0.4, -0.2) is 11.2 Å². The molecule has 0 saturated carbocycles. The van der Waals surface area contributed by atoms with Crippen LogP contribution in [0.5, 0.6) is 0 Å². The number of hydrogen-bond donors (Lipinski definition) is 1. The number of aliphatic hydroxyl groups excluding tert-OH is 1. The van der Waals surface area contributed by atoms with Crippen molar-refractivity contribution < 1.29 is 18.3 Å². The highest BCUT2D eigenvalue weighted by Gasteiger charge is 2.30. The minimum atomic E-state index is -4.30. The Hall–Kier alpha value is -1.03. The average Bonchev–Trinajstić information content (AvgIpc) is 2.17. The summed E-state index contributed by atoms with van der Waals surface area (Å²) in [4.78, 5) is 0. The number of aliphatic hydroxyl groups is 1. The predicted octanol–water partition coefficient (Wildman–Crippen LogP) is 3.58. The summed E-state index contributed by atoms with van der Waals surface area (Å²) in [6.45, 7) is 3.54. The van der Waals surface area contributed by atoms with E-state index in [1.165, 1.54) is 12.1 Å². The number of halogens is 3. The number of rotatable bonds is 3. The second-order valence-electron chi connectivity index (χ2n) is 3.88. The molecule has 4 heteroatoms. The van der Waals surface area contributed by atoms with Crippen molar-refractivity contribution in [3.8, 4) is 0 Å². The first-order valence-electron chi connectivity index (χ1n) is 5.21. The molecule has 1 rings (SSSR count). The van der Waals surface area contributed by atoms with E-state index in [1.54, 1.807) is 6.92 Å². The minimum Gasteiger partial charge on any atom is -0.393 e. The molecule has 1 N–H and O–H groups in total. The molecule has 0 aromatic heterocycles. The first-order chi connectivity index (χ1) is 7.36. The topological polar surface area (TPSA) is 20.2 Å². The second-order valence-corrected chi connectivity index (χ2v) is 3.88. The summed E-state index contributed by atoms with van der Waals surface area (Å²) in [5.74, 6) is -0.109. The highest BCUT2D eigenvalue weighted by Crippen LogP contribution is 2.31. The van der Waals surface area contributed by atoms with E-state index in [1.807, 2.05) is 6.92 Å². The van der Waals surface area contributed by atoms with Gasteiger partial charge < -0.3 is 5.11 Å². The largest absolute Gasteiger partial charge is 0.416 e. The van der Waals surface area contributed by atoms with Gasteiger partial charge in [0.05, 0.1) is 11.7 Å². The fourth-order valence-corrected chi connectivity index (χ4v) is 1.77. The van der Waals surface area contributed by atoms with Gasteiger partial charge in [0.25, 0.3) is 0 Å². The Morgan fingerprint density at radius 1 is 1.19 bits per heavy atom. The second kappa shape index (κ2) is 4.87. The lowest BCUT2D eigenvalue weighted by atomic mass is 9.91. The SMILES string of the molecule is CCC(c1ccc(C(F)(F)F)cc1)C(C)O. The molecule has 0 heterocycles. The molecule has 0 fully saturated rings. The van der Waals surface area contributed by atoms with Gasteiger partial charge in [-0.2, -0.15) is 13.2 Å². The molecule has 0 amide bonds. The van der Waals surface area contributed by atoms with Crippen molar-refractivity contribution in [1.29, 1.82) is 0 Å². The molecule has 0 bridgehead atoms. The van der Waals surface area contributed by atoms with Crippen molar-refractivity contribution in [2.45, 2.75) is 38.5 Å². The molecule has 0 aliphatic carbocycles. The van der Waals surface area contributed by atoms with Crippen LogP contribution >= 0.6 is 0 Å². The predicted molar refractivity (Wildman–Crippen MR) is 56.2 cm³/mol. The van der Waals surface area contributed by atoms with Crippen LogP contribution in [0.2, 0.25) is 0 Å². The summed E-state index contributed by atoms with van der Waals surface area (Å²) >= 11 is 0. The van der Waals surface area contributed by atoms with Gasteiger partial charge in [-0.1, -0.05) is 19.1 Å². The first kappa shape index (κ1) is 13.0. The van der Waals surface area contributed by atoms with Crippen molar-refractivity contribution in [2.24, 2.45) is 0 Å². The Balaban J connectivity index is 2.94. The molecule has 1 aromatic rings. The van der Waals surface area contributed by atoms with Gasteiger partial charge in [0.2, 0.25) is 0 Å². The molecule has 0 spiro atoms. The summed E-state index contributed by atoms with van der Waals surface area (Å²) in [6, 6.07) is 4.98. The average molecular weight is 232 g/mol. The van der Waals surface area contributed by atoms with Gasteiger partial charge in [-0.15, -0.1) is 0 Å². The van der Waals surface area contributed by atoms with Crippen molar-refractivity contribution >= 4 is 0 Å². The van der Waals surface area contributed by atoms with Gasteiger partial charge in [-0.3, -0.25) is 0 Å². The van der Waals surface area contributed by atoms with Crippen molar-refractivity contribution in [3.63, 3.8) is 0 Å². The molecule has 1 nitrogen and oxygen atoms in total. The smallest absolute Gasteiger partial charge is 0.393 e. The third kappa shape index (κ3) is 2.98. The zero-order valence-electron chi connectivity index (χ0n) is 9.25. The van der Waals surface area contributed by atoms with Crippen molar-refractivity contribution in [2.75, 3.05) is 0 Å². The molecule has 2 atom stereocenters. The van der Waals surface area contributed by atoms with Crippen LogP contribution in [0.25, 0.3) is 0 Å². The van der Waals surface area contributed by atoms with Crippen LogP contribution in [0.15, 0.2) is 24.3 Å². The maximum atomic E-state index is 12.3. The maximum absolute atomic E-state index is 12.3. The van der Waals surface area contributed by atoms with E-state index in [-0.39, 0.29) is 5.92 Å². The molecule has 0 radical (unpaired) electrons. The highest BCUT2D eigenvalue weighted by molar-refractivity contribution is 5.27. The Morgan fingerprint density at radius 3 is 2.00 bits per heavy atom. The van der Waals surface area contributed by atoms with Crippen LogP contribution < -0.4 is 0 Å².